The van der Waals surface area contributed by atoms with E-state index in [4.69, 9.17) is 10.5 Å². The summed E-state index contributed by atoms with van der Waals surface area (Å²) in [4.78, 5) is 10.8. The molecule has 12 heavy (non-hydrogen) atoms. The Morgan fingerprint density at radius 3 is 2.50 bits per heavy atom. The molecule has 0 aromatic heterocycles. The first-order valence-electron chi connectivity index (χ1n) is 3.89. The van der Waals surface area contributed by atoms with E-state index in [2.05, 4.69) is 5.32 Å². The van der Waals surface area contributed by atoms with Gasteiger partial charge in [-0.3, -0.25) is 4.79 Å². The number of amides is 1. The maximum atomic E-state index is 10.8. The van der Waals surface area contributed by atoms with Crippen LogP contribution in [0.2, 0.25) is 0 Å². The van der Waals surface area contributed by atoms with Crippen LogP contribution in [0.5, 0.6) is 0 Å². The third-order valence-corrected chi connectivity index (χ3v) is 1.83. The summed E-state index contributed by atoms with van der Waals surface area (Å²) in [5.74, 6) is -0.425. The van der Waals surface area contributed by atoms with Crippen LogP contribution in [0.15, 0.2) is 11.8 Å². The maximum absolute atomic E-state index is 10.8. The van der Waals surface area contributed by atoms with Gasteiger partial charge in [0.1, 0.15) is 0 Å². The summed E-state index contributed by atoms with van der Waals surface area (Å²) in [6, 6.07) is 0. The third-order valence-electron chi connectivity index (χ3n) is 1.83. The van der Waals surface area contributed by atoms with E-state index < -0.39 is 5.91 Å². The number of carbonyl (C=O) groups is 1. The van der Waals surface area contributed by atoms with Crippen LogP contribution < -0.4 is 11.1 Å². The molecule has 1 amide bonds. The Morgan fingerprint density at radius 2 is 2.25 bits per heavy atom. The number of ether oxygens (including phenoxy) is 1. The predicted octanol–water partition coefficient (Wildman–Crippen LogP) is -0.246. The van der Waals surface area contributed by atoms with E-state index in [1.54, 1.807) is 13.0 Å². The van der Waals surface area contributed by atoms with Gasteiger partial charge >= 0.3 is 0 Å². The van der Waals surface area contributed by atoms with Gasteiger partial charge in [-0.1, -0.05) is 6.08 Å². The second-order valence-corrected chi connectivity index (χ2v) is 3.25. The number of rotatable bonds is 3. The molecule has 4 nitrogen and oxygen atoms in total. The highest BCUT2D eigenvalue weighted by Gasteiger charge is 2.34. The topological polar surface area (TPSA) is 64.3 Å². The normalized spacial score (nSPS) is 21.3. The number of hydrogen-bond acceptors (Lipinski definition) is 3. The van der Waals surface area contributed by atoms with Crippen LogP contribution in [0.1, 0.15) is 13.8 Å². The molecule has 0 spiro atoms. The molecule has 0 unspecified atom stereocenters. The highest BCUT2D eigenvalue weighted by Crippen LogP contribution is 2.16. The third kappa shape index (κ3) is 1.76. The Balaban J connectivity index is 2.54. The minimum atomic E-state index is -0.425. The van der Waals surface area contributed by atoms with Gasteiger partial charge in [-0.25, -0.2) is 0 Å². The lowest BCUT2D eigenvalue weighted by Crippen LogP contribution is -2.58. The summed E-state index contributed by atoms with van der Waals surface area (Å²) < 4.78 is 5.02. The van der Waals surface area contributed by atoms with Crippen LogP contribution >= 0.6 is 0 Å². The minimum Gasteiger partial charge on any atom is -0.376 e. The van der Waals surface area contributed by atoms with Crippen molar-refractivity contribution in [1.29, 1.82) is 0 Å². The Labute approximate surface area is 71.8 Å². The van der Waals surface area contributed by atoms with Crippen LogP contribution in [-0.2, 0) is 9.53 Å². The highest BCUT2D eigenvalue weighted by molar-refractivity contribution is 5.91. The molecule has 0 saturated carbocycles. The van der Waals surface area contributed by atoms with Crippen molar-refractivity contribution in [1.82, 2.24) is 5.32 Å². The largest absolute Gasteiger partial charge is 0.376 e. The predicted molar refractivity (Wildman–Crippen MR) is 45.3 cm³/mol. The molecule has 1 aliphatic rings. The van der Waals surface area contributed by atoms with Gasteiger partial charge in [0.25, 0.3) is 5.91 Å². The molecule has 1 aliphatic heterocycles. The lowest BCUT2D eigenvalue weighted by molar-refractivity contribution is -0.116. The van der Waals surface area contributed by atoms with Gasteiger partial charge in [0, 0.05) is 0 Å². The summed E-state index contributed by atoms with van der Waals surface area (Å²) in [5.41, 5.74) is 5.47. The number of allylic oxidation sites excluding steroid dienone is 1. The highest BCUT2D eigenvalue weighted by atomic mass is 16.5. The first kappa shape index (κ1) is 9.06. The van der Waals surface area contributed by atoms with E-state index in [-0.39, 0.29) is 5.54 Å². The first-order valence-corrected chi connectivity index (χ1v) is 3.89. The zero-order valence-corrected chi connectivity index (χ0v) is 7.39. The van der Waals surface area contributed by atoms with Gasteiger partial charge in [-0.05, 0) is 13.8 Å². The second-order valence-electron chi connectivity index (χ2n) is 3.25. The van der Waals surface area contributed by atoms with E-state index in [9.17, 15) is 4.79 Å². The van der Waals surface area contributed by atoms with Gasteiger partial charge in [0.2, 0.25) is 0 Å². The fraction of sp³-hybridized carbons (Fsp3) is 0.625. The molecule has 3 N–H and O–H groups in total. The fourth-order valence-electron chi connectivity index (χ4n) is 1.08. The van der Waals surface area contributed by atoms with Crippen molar-refractivity contribution in [2.45, 2.75) is 19.4 Å². The molecule has 1 rings (SSSR count). The summed E-state index contributed by atoms with van der Waals surface area (Å²) >= 11 is 0. The molecule has 0 atom stereocenters. The van der Waals surface area contributed by atoms with E-state index in [1.165, 1.54) is 0 Å². The maximum Gasteiger partial charge on any atom is 0.264 e. The molecule has 0 aromatic carbocycles. The van der Waals surface area contributed by atoms with Crippen molar-refractivity contribution in [3.8, 4) is 0 Å². The zero-order chi connectivity index (χ0) is 9.19. The Bertz CT molecular complexity index is 219. The number of hydrogen-bond donors (Lipinski definition) is 2. The lowest BCUT2D eigenvalue weighted by atomic mass is 10.0. The summed E-state index contributed by atoms with van der Waals surface area (Å²) in [6.07, 6.45) is 1.67. The Hall–Kier alpha value is -1.03. The lowest BCUT2D eigenvalue weighted by Gasteiger charge is -2.39. The van der Waals surface area contributed by atoms with Gasteiger partial charge in [-0.15, -0.1) is 0 Å². The van der Waals surface area contributed by atoms with Crippen molar-refractivity contribution in [3.63, 3.8) is 0 Å². The summed E-state index contributed by atoms with van der Waals surface area (Å²) in [6.45, 7) is 5.01. The van der Waals surface area contributed by atoms with E-state index in [0.29, 0.717) is 18.9 Å². The molecule has 0 radical (unpaired) electrons. The molecule has 1 fully saturated rings. The van der Waals surface area contributed by atoms with Crippen LogP contribution in [0.25, 0.3) is 0 Å². The van der Waals surface area contributed by atoms with Gasteiger partial charge < -0.3 is 15.8 Å². The SMILES string of the molecule is CC=C(NC1(C)COC1)C(N)=O. The van der Waals surface area contributed by atoms with Crippen molar-refractivity contribution in [3.05, 3.63) is 11.8 Å². The van der Waals surface area contributed by atoms with Crippen LogP contribution in [0.4, 0.5) is 0 Å². The van der Waals surface area contributed by atoms with Gasteiger partial charge in [0.15, 0.2) is 0 Å². The van der Waals surface area contributed by atoms with Crippen molar-refractivity contribution in [2.75, 3.05) is 13.2 Å². The quantitative estimate of drug-likeness (QED) is 0.574. The van der Waals surface area contributed by atoms with Crippen molar-refractivity contribution < 1.29 is 9.53 Å². The van der Waals surface area contributed by atoms with E-state index in [0.717, 1.165) is 0 Å². The average molecular weight is 170 g/mol. The summed E-state index contributed by atoms with van der Waals surface area (Å²) in [5, 5.41) is 3.04. The Morgan fingerprint density at radius 1 is 1.67 bits per heavy atom. The standard InChI is InChI=1S/C8H14N2O2/c1-3-6(7(9)11)10-8(2)4-12-5-8/h3,10H,4-5H2,1-2H3,(H2,9,11). The fourth-order valence-corrected chi connectivity index (χ4v) is 1.08. The zero-order valence-electron chi connectivity index (χ0n) is 7.39. The number of carbonyl (C=O) groups excluding carboxylic acids is 1. The van der Waals surface area contributed by atoms with Gasteiger partial charge in [-0.2, -0.15) is 0 Å². The molecular formula is C8H14N2O2. The molecular weight excluding hydrogens is 156 g/mol. The minimum absolute atomic E-state index is 0.114. The van der Waals surface area contributed by atoms with Crippen LogP contribution in [-0.4, -0.2) is 24.7 Å². The second kappa shape index (κ2) is 3.15. The van der Waals surface area contributed by atoms with Crippen molar-refractivity contribution in [2.24, 2.45) is 5.73 Å². The number of nitrogens with two attached hydrogens (primary N) is 1. The molecule has 0 aromatic rings. The Kier molecular flexibility index (Phi) is 2.38. The van der Waals surface area contributed by atoms with Gasteiger partial charge in [0.05, 0.1) is 24.4 Å². The van der Waals surface area contributed by atoms with Crippen molar-refractivity contribution >= 4 is 5.91 Å². The van der Waals surface area contributed by atoms with E-state index in [1.807, 2.05) is 6.92 Å². The molecule has 1 heterocycles. The molecule has 4 heteroatoms. The van der Waals surface area contributed by atoms with E-state index >= 15 is 0 Å². The van der Waals surface area contributed by atoms with Crippen LogP contribution in [0, 0.1) is 0 Å². The smallest absolute Gasteiger partial charge is 0.264 e. The molecule has 0 bridgehead atoms. The molecule has 68 valence electrons. The number of primary amides is 1. The molecule has 0 aliphatic carbocycles. The average Bonchev–Trinajstić information content (AvgIpc) is 1.96. The monoisotopic (exact) mass is 170 g/mol. The first-order chi connectivity index (χ1) is 5.57. The van der Waals surface area contributed by atoms with Crippen LogP contribution in [0.3, 0.4) is 0 Å². The molecule has 1 saturated heterocycles. The summed E-state index contributed by atoms with van der Waals surface area (Å²) in [7, 11) is 0. The number of nitrogens with one attached hydrogen (secondary N) is 1.